The molecule has 3 heteroatoms. The average molecular weight is 250 g/mol. The molecule has 0 fully saturated rings. The number of carboxylic acid groups (broad SMARTS) is 1. The fraction of sp³-hybridized carbons (Fsp3) is 0.533. The van der Waals surface area contributed by atoms with Gasteiger partial charge < -0.3 is 9.84 Å². The van der Waals surface area contributed by atoms with E-state index >= 15 is 0 Å². The van der Waals surface area contributed by atoms with Gasteiger partial charge in [-0.3, -0.25) is 0 Å². The minimum atomic E-state index is -1.25. The molecule has 0 aliphatic heterocycles. The third-order valence-corrected chi connectivity index (χ3v) is 3.53. The molecule has 1 aromatic carbocycles. The summed E-state index contributed by atoms with van der Waals surface area (Å²) in [7, 11) is 0. The van der Waals surface area contributed by atoms with Crippen molar-refractivity contribution in [2.45, 2.75) is 53.4 Å². The minimum Gasteiger partial charge on any atom is -0.449 e. The van der Waals surface area contributed by atoms with Crippen LogP contribution in [0.25, 0.3) is 0 Å². The molecule has 0 aliphatic rings. The Balaban J connectivity index is 3.02. The fourth-order valence-corrected chi connectivity index (χ4v) is 2.11. The molecule has 1 rings (SSSR count). The smallest absolute Gasteiger partial charge is 0.449 e. The normalized spacial score (nSPS) is 10.4. The molecule has 3 nitrogen and oxygen atoms in total. The zero-order valence-corrected chi connectivity index (χ0v) is 11.7. The van der Waals surface area contributed by atoms with Crippen molar-refractivity contribution in [3.63, 3.8) is 0 Å². The van der Waals surface area contributed by atoms with Gasteiger partial charge in [-0.2, -0.15) is 0 Å². The van der Waals surface area contributed by atoms with Gasteiger partial charge in [-0.25, -0.2) is 4.79 Å². The van der Waals surface area contributed by atoms with Gasteiger partial charge in [0, 0.05) is 0 Å². The lowest BCUT2D eigenvalue weighted by molar-refractivity contribution is 0.144. The molecule has 0 bridgehead atoms. The summed E-state index contributed by atoms with van der Waals surface area (Å²) in [4.78, 5) is 10.7. The number of benzene rings is 1. The Morgan fingerprint density at radius 2 is 1.83 bits per heavy atom. The maximum atomic E-state index is 10.7. The predicted molar refractivity (Wildman–Crippen MR) is 72.5 cm³/mol. The fourth-order valence-electron chi connectivity index (χ4n) is 2.11. The van der Waals surface area contributed by atoms with Crippen LogP contribution in [0.4, 0.5) is 4.79 Å². The van der Waals surface area contributed by atoms with Gasteiger partial charge in [0.05, 0.1) is 0 Å². The van der Waals surface area contributed by atoms with Crippen molar-refractivity contribution in [1.29, 1.82) is 0 Å². The highest BCUT2D eigenvalue weighted by Gasteiger charge is 2.12. The van der Waals surface area contributed by atoms with E-state index in [4.69, 9.17) is 9.84 Å². The van der Waals surface area contributed by atoms with Crippen LogP contribution < -0.4 is 4.74 Å². The van der Waals surface area contributed by atoms with Crippen molar-refractivity contribution in [1.82, 2.24) is 0 Å². The van der Waals surface area contributed by atoms with Gasteiger partial charge in [0.2, 0.25) is 0 Å². The number of hydrogen-bond acceptors (Lipinski definition) is 2. The van der Waals surface area contributed by atoms with Crippen LogP contribution in [0.15, 0.2) is 6.07 Å². The maximum Gasteiger partial charge on any atom is 0.511 e. The molecular formula is C15H22O3. The summed E-state index contributed by atoms with van der Waals surface area (Å²) < 4.78 is 4.84. The molecule has 1 aromatic rings. The quantitative estimate of drug-likeness (QED) is 0.478. The topological polar surface area (TPSA) is 46.5 Å². The molecule has 0 saturated carbocycles. The summed E-state index contributed by atoms with van der Waals surface area (Å²) in [6.45, 7) is 8.18. The SMILES string of the molecule is CCCCCc1cc(OC(=O)O)c(C)c(C)c1C. The molecule has 0 spiro atoms. The third-order valence-electron chi connectivity index (χ3n) is 3.53. The Bertz CT molecular complexity index is 436. The standard InChI is InChI=1S/C15H22O3/c1-5-6-7-8-13-9-14(18-15(16)17)12(4)10(2)11(13)3/h9H,5-8H2,1-4H3,(H,16,17). The first-order valence-corrected chi connectivity index (χ1v) is 6.47. The van der Waals surface area contributed by atoms with Crippen LogP contribution in [-0.4, -0.2) is 11.3 Å². The number of unbranched alkanes of at least 4 members (excludes halogenated alkanes) is 2. The Labute approximate surface area is 109 Å². The van der Waals surface area contributed by atoms with Gasteiger partial charge in [0.1, 0.15) is 5.75 Å². The lowest BCUT2D eigenvalue weighted by Crippen LogP contribution is -2.07. The summed E-state index contributed by atoms with van der Waals surface area (Å²) in [5, 5.41) is 8.73. The Hall–Kier alpha value is -1.51. The average Bonchev–Trinajstić information content (AvgIpc) is 2.31. The number of carbonyl (C=O) groups is 1. The summed E-state index contributed by atoms with van der Waals surface area (Å²) in [6, 6.07) is 1.88. The first-order valence-electron chi connectivity index (χ1n) is 6.47. The molecule has 0 heterocycles. The summed E-state index contributed by atoms with van der Waals surface area (Å²) in [5.74, 6) is 0.470. The van der Waals surface area contributed by atoms with E-state index in [1.165, 1.54) is 24.0 Å². The maximum absolute atomic E-state index is 10.7. The lowest BCUT2D eigenvalue weighted by Gasteiger charge is -2.15. The first-order chi connectivity index (χ1) is 8.47. The van der Waals surface area contributed by atoms with Crippen LogP contribution in [0.1, 0.15) is 48.4 Å². The monoisotopic (exact) mass is 250 g/mol. The molecule has 0 aliphatic carbocycles. The van der Waals surface area contributed by atoms with E-state index in [1.54, 1.807) is 0 Å². The molecule has 1 N–H and O–H groups in total. The van der Waals surface area contributed by atoms with Gasteiger partial charge in [-0.15, -0.1) is 0 Å². The van der Waals surface area contributed by atoms with Gasteiger partial charge >= 0.3 is 6.16 Å². The van der Waals surface area contributed by atoms with Gasteiger partial charge in [0.25, 0.3) is 0 Å². The summed E-state index contributed by atoms with van der Waals surface area (Å²) in [6.07, 6.45) is 3.24. The number of ether oxygens (including phenoxy) is 1. The zero-order valence-electron chi connectivity index (χ0n) is 11.7. The second-order valence-corrected chi connectivity index (χ2v) is 4.73. The number of rotatable bonds is 5. The van der Waals surface area contributed by atoms with E-state index in [2.05, 4.69) is 13.8 Å². The van der Waals surface area contributed by atoms with Crippen molar-refractivity contribution >= 4 is 6.16 Å². The van der Waals surface area contributed by atoms with Gasteiger partial charge in [-0.05, 0) is 61.9 Å². The van der Waals surface area contributed by atoms with Crippen LogP contribution in [0.2, 0.25) is 0 Å². The molecule has 0 radical (unpaired) electrons. The summed E-state index contributed by atoms with van der Waals surface area (Å²) in [5.41, 5.74) is 4.48. The minimum absolute atomic E-state index is 0.470. The zero-order chi connectivity index (χ0) is 13.7. The molecule has 0 atom stereocenters. The van der Waals surface area contributed by atoms with E-state index in [0.29, 0.717) is 5.75 Å². The van der Waals surface area contributed by atoms with Crippen LogP contribution in [0, 0.1) is 20.8 Å². The largest absolute Gasteiger partial charge is 0.511 e. The highest BCUT2D eigenvalue weighted by atomic mass is 16.7. The second-order valence-electron chi connectivity index (χ2n) is 4.73. The van der Waals surface area contributed by atoms with E-state index in [9.17, 15) is 4.79 Å². The predicted octanol–water partition coefficient (Wildman–Crippen LogP) is 4.40. The van der Waals surface area contributed by atoms with Crippen molar-refractivity contribution in [3.8, 4) is 5.75 Å². The molecule has 0 aromatic heterocycles. The van der Waals surface area contributed by atoms with E-state index in [1.807, 2.05) is 19.9 Å². The molecule has 0 amide bonds. The molecule has 18 heavy (non-hydrogen) atoms. The first kappa shape index (κ1) is 14.6. The highest BCUT2D eigenvalue weighted by molar-refractivity contribution is 5.63. The second kappa shape index (κ2) is 6.43. The van der Waals surface area contributed by atoms with Crippen LogP contribution in [-0.2, 0) is 6.42 Å². The Morgan fingerprint density at radius 1 is 1.17 bits per heavy atom. The van der Waals surface area contributed by atoms with E-state index in [0.717, 1.165) is 24.0 Å². The van der Waals surface area contributed by atoms with Gasteiger partial charge in [0.15, 0.2) is 0 Å². The molecule has 100 valence electrons. The third kappa shape index (κ3) is 3.49. The molecule has 0 unspecified atom stereocenters. The van der Waals surface area contributed by atoms with E-state index in [-0.39, 0.29) is 0 Å². The van der Waals surface area contributed by atoms with Crippen molar-refractivity contribution in [2.75, 3.05) is 0 Å². The van der Waals surface area contributed by atoms with Crippen LogP contribution >= 0.6 is 0 Å². The molecular weight excluding hydrogens is 228 g/mol. The van der Waals surface area contributed by atoms with Crippen molar-refractivity contribution in [3.05, 3.63) is 28.3 Å². The Morgan fingerprint density at radius 3 is 2.39 bits per heavy atom. The van der Waals surface area contributed by atoms with Crippen LogP contribution in [0.5, 0.6) is 5.75 Å². The van der Waals surface area contributed by atoms with Crippen molar-refractivity contribution < 1.29 is 14.6 Å². The van der Waals surface area contributed by atoms with Crippen LogP contribution in [0.3, 0.4) is 0 Å². The molecule has 0 saturated heterocycles. The van der Waals surface area contributed by atoms with E-state index < -0.39 is 6.16 Å². The number of hydrogen-bond donors (Lipinski definition) is 1. The summed E-state index contributed by atoms with van der Waals surface area (Å²) >= 11 is 0. The number of aryl methyl sites for hydroxylation is 1. The highest BCUT2D eigenvalue weighted by Crippen LogP contribution is 2.28. The lowest BCUT2D eigenvalue weighted by atomic mass is 9.94. The van der Waals surface area contributed by atoms with Gasteiger partial charge in [-0.1, -0.05) is 19.8 Å². The van der Waals surface area contributed by atoms with Crippen molar-refractivity contribution in [2.24, 2.45) is 0 Å². The Kier molecular flexibility index (Phi) is 5.20.